The van der Waals surface area contributed by atoms with Crippen molar-refractivity contribution in [2.45, 2.75) is 13.0 Å². The van der Waals surface area contributed by atoms with Crippen LogP contribution in [0.4, 0.5) is 5.69 Å². The van der Waals surface area contributed by atoms with Crippen molar-refractivity contribution < 1.29 is 19.0 Å². The molecule has 1 N–H and O–H groups in total. The average Bonchev–Trinajstić information content (AvgIpc) is 2.57. The van der Waals surface area contributed by atoms with Crippen molar-refractivity contribution >= 4 is 34.8 Å². The Labute approximate surface area is 149 Å². The van der Waals surface area contributed by atoms with Gasteiger partial charge in [0.15, 0.2) is 17.6 Å². The third kappa shape index (κ3) is 3.68. The Morgan fingerprint density at radius 1 is 1.12 bits per heavy atom. The molecule has 2 aromatic carbocycles. The zero-order valence-corrected chi connectivity index (χ0v) is 14.4. The summed E-state index contributed by atoms with van der Waals surface area (Å²) in [4.78, 5) is 12.3. The number of hydrogen-bond donors (Lipinski definition) is 1. The van der Waals surface area contributed by atoms with E-state index in [2.05, 4.69) is 5.32 Å². The zero-order valence-electron chi connectivity index (χ0n) is 12.8. The van der Waals surface area contributed by atoms with Gasteiger partial charge in [-0.15, -0.1) is 0 Å². The Morgan fingerprint density at radius 3 is 2.50 bits per heavy atom. The molecule has 1 unspecified atom stereocenters. The highest BCUT2D eigenvalue weighted by molar-refractivity contribution is 6.34. The normalized spacial score (nSPS) is 14.0. The summed E-state index contributed by atoms with van der Waals surface area (Å²) >= 11 is 12.2. The summed E-state index contributed by atoms with van der Waals surface area (Å²) in [5, 5.41) is 3.52. The average molecular weight is 368 g/mol. The fourth-order valence-electron chi connectivity index (χ4n) is 2.18. The molecular weight excluding hydrogens is 353 g/mol. The summed E-state index contributed by atoms with van der Waals surface area (Å²) in [6.07, 6.45) is -0.755. The van der Waals surface area contributed by atoms with Crippen molar-refractivity contribution in [2.24, 2.45) is 0 Å². The van der Waals surface area contributed by atoms with E-state index in [1.54, 1.807) is 43.3 Å². The Morgan fingerprint density at radius 2 is 1.79 bits per heavy atom. The number of para-hydroxylation sites is 1. The van der Waals surface area contributed by atoms with Crippen molar-refractivity contribution in [1.29, 1.82) is 0 Å². The molecule has 5 nitrogen and oxygen atoms in total. The first kappa shape index (κ1) is 16.7. The highest BCUT2D eigenvalue weighted by atomic mass is 35.5. The molecule has 0 aliphatic carbocycles. The summed E-state index contributed by atoms with van der Waals surface area (Å²) < 4.78 is 16.5. The molecule has 2 aromatic rings. The molecule has 3 rings (SSSR count). The molecule has 0 bridgehead atoms. The number of nitrogens with one attached hydrogen (secondary N) is 1. The summed E-state index contributed by atoms with van der Waals surface area (Å²) in [5.41, 5.74) is 0.431. The highest BCUT2D eigenvalue weighted by Gasteiger charge is 2.20. The van der Waals surface area contributed by atoms with Gasteiger partial charge in [-0.1, -0.05) is 35.3 Å². The van der Waals surface area contributed by atoms with Crippen LogP contribution in [0.15, 0.2) is 36.4 Å². The van der Waals surface area contributed by atoms with E-state index in [0.29, 0.717) is 46.2 Å². The van der Waals surface area contributed by atoms with Gasteiger partial charge >= 0.3 is 0 Å². The van der Waals surface area contributed by atoms with Gasteiger partial charge in [0.25, 0.3) is 5.91 Å². The second-order valence-electron chi connectivity index (χ2n) is 5.16. The Hall–Kier alpha value is -2.11. The van der Waals surface area contributed by atoms with Crippen molar-refractivity contribution in [3.8, 4) is 17.2 Å². The van der Waals surface area contributed by atoms with Crippen LogP contribution in [0.2, 0.25) is 10.0 Å². The molecule has 0 radical (unpaired) electrons. The summed E-state index contributed by atoms with van der Waals surface area (Å²) in [5.74, 6) is 1.19. The van der Waals surface area contributed by atoms with Gasteiger partial charge in [0.05, 0.1) is 15.7 Å². The second kappa shape index (κ2) is 7.20. The number of halogens is 2. The third-order valence-corrected chi connectivity index (χ3v) is 4.02. The number of amides is 1. The van der Waals surface area contributed by atoms with Gasteiger partial charge in [-0.25, -0.2) is 0 Å². The number of anilines is 1. The van der Waals surface area contributed by atoms with Crippen LogP contribution in [-0.2, 0) is 4.79 Å². The molecule has 0 saturated heterocycles. The Bertz CT molecular complexity index is 766. The SMILES string of the molecule is CC(Oc1ccccc1Cl)C(=O)Nc1cc2c(cc1Cl)OCCO2. The summed E-state index contributed by atoms with van der Waals surface area (Å²) in [6.45, 7) is 2.55. The molecule has 1 aliphatic heterocycles. The maximum atomic E-state index is 12.3. The van der Waals surface area contributed by atoms with Crippen LogP contribution in [0.3, 0.4) is 0 Å². The van der Waals surface area contributed by atoms with E-state index in [4.69, 9.17) is 37.4 Å². The molecule has 0 fully saturated rings. The first-order chi connectivity index (χ1) is 11.5. The van der Waals surface area contributed by atoms with Gasteiger partial charge in [0, 0.05) is 12.1 Å². The molecule has 0 spiro atoms. The maximum Gasteiger partial charge on any atom is 0.265 e. The Kier molecular flexibility index (Phi) is 5.02. The van der Waals surface area contributed by atoms with Gasteiger partial charge in [-0.3, -0.25) is 4.79 Å². The third-order valence-electron chi connectivity index (χ3n) is 3.40. The van der Waals surface area contributed by atoms with Crippen molar-refractivity contribution in [2.75, 3.05) is 18.5 Å². The standard InChI is InChI=1S/C17H15Cl2NO4/c1-10(24-14-5-3-2-4-11(14)18)17(21)20-13-9-16-15(8-12(13)19)22-6-7-23-16/h2-5,8-10H,6-7H2,1H3,(H,20,21). The van der Waals surface area contributed by atoms with Crippen molar-refractivity contribution in [3.05, 3.63) is 46.4 Å². The lowest BCUT2D eigenvalue weighted by Gasteiger charge is -2.21. The molecule has 1 amide bonds. The van der Waals surface area contributed by atoms with Crippen LogP contribution in [0.25, 0.3) is 0 Å². The predicted molar refractivity (Wildman–Crippen MR) is 92.6 cm³/mol. The number of ether oxygens (including phenoxy) is 3. The number of rotatable bonds is 4. The van der Waals surface area contributed by atoms with Crippen LogP contribution in [0.1, 0.15) is 6.92 Å². The van der Waals surface area contributed by atoms with Crippen LogP contribution >= 0.6 is 23.2 Å². The fourth-order valence-corrected chi connectivity index (χ4v) is 2.56. The first-order valence-corrected chi connectivity index (χ1v) is 8.11. The number of fused-ring (bicyclic) bond motifs is 1. The van der Waals surface area contributed by atoms with E-state index in [1.165, 1.54) is 0 Å². The smallest absolute Gasteiger partial charge is 0.265 e. The highest BCUT2D eigenvalue weighted by Crippen LogP contribution is 2.38. The van der Waals surface area contributed by atoms with Gasteiger partial charge in [-0.05, 0) is 19.1 Å². The number of carbonyl (C=O) groups is 1. The minimum absolute atomic E-state index is 0.353. The van der Waals surface area contributed by atoms with Crippen LogP contribution in [0, 0.1) is 0 Å². The van der Waals surface area contributed by atoms with Gasteiger partial charge in [-0.2, -0.15) is 0 Å². The summed E-state index contributed by atoms with van der Waals surface area (Å²) in [6, 6.07) is 10.2. The quantitative estimate of drug-likeness (QED) is 0.880. The zero-order chi connectivity index (χ0) is 17.1. The minimum atomic E-state index is -0.755. The first-order valence-electron chi connectivity index (χ1n) is 7.36. The lowest BCUT2D eigenvalue weighted by molar-refractivity contribution is -0.122. The molecule has 0 aromatic heterocycles. The van der Waals surface area contributed by atoms with Gasteiger partial charge in [0.2, 0.25) is 0 Å². The van der Waals surface area contributed by atoms with E-state index >= 15 is 0 Å². The van der Waals surface area contributed by atoms with Crippen LogP contribution in [0.5, 0.6) is 17.2 Å². The van der Waals surface area contributed by atoms with E-state index in [1.807, 2.05) is 0 Å². The molecule has 126 valence electrons. The second-order valence-corrected chi connectivity index (χ2v) is 5.97. The molecule has 24 heavy (non-hydrogen) atoms. The summed E-state index contributed by atoms with van der Waals surface area (Å²) in [7, 11) is 0. The van der Waals surface area contributed by atoms with Crippen molar-refractivity contribution in [3.63, 3.8) is 0 Å². The maximum absolute atomic E-state index is 12.3. The van der Waals surface area contributed by atoms with E-state index in [0.717, 1.165) is 0 Å². The van der Waals surface area contributed by atoms with Crippen molar-refractivity contribution in [1.82, 2.24) is 0 Å². The molecule has 1 atom stereocenters. The fraction of sp³-hybridized carbons (Fsp3) is 0.235. The monoisotopic (exact) mass is 367 g/mol. The van der Waals surface area contributed by atoms with Gasteiger partial charge in [0.1, 0.15) is 19.0 Å². The topological polar surface area (TPSA) is 56.8 Å². The van der Waals surface area contributed by atoms with Gasteiger partial charge < -0.3 is 19.5 Å². The number of hydrogen-bond acceptors (Lipinski definition) is 4. The van der Waals surface area contributed by atoms with E-state index in [9.17, 15) is 4.79 Å². The van der Waals surface area contributed by atoms with Crippen LogP contribution < -0.4 is 19.5 Å². The molecular formula is C17H15Cl2NO4. The van der Waals surface area contributed by atoms with E-state index < -0.39 is 6.10 Å². The largest absolute Gasteiger partial charge is 0.486 e. The van der Waals surface area contributed by atoms with E-state index in [-0.39, 0.29) is 5.91 Å². The molecule has 0 saturated carbocycles. The number of carbonyl (C=O) groups excluding carboxylic acids is 1. The Balaban J connectivity index is 1.71. The molecule has 7 heteroatoms. The number of benzene rings is 2. The van der Waals surface area contributed by atoms with Crippen LogP contribution in [-0.4, -0.2) is 25.2 Å². The molecule has 1 aliphatic rings. The predicted octanol–water partition coefficient (Wildman–Crippen LogP) is 4.17. The lowest BCUT2D eigenvalue weighted by atomic mass is 10.2. The minimum Gasteiger partial charge on any atom is -0.486 e. The molecule has 1 heterocycles. The lowest BCUT2D eigenvalue weighted by Crippen LogP contribution is -2.30.